The van der Waals surface area contributed by atoms with Gasteiger partial charge in [0.15, 0.2) is 5.82 Å². The molecule has 0 fully saturated rings. The van der Waals surface area contributed by atoms with E-state index in [0.717, 1.165) is 5.56 Å². The molecule has 0 saturated carbocycles. The van der Waals surface area contributed by atoms with Crippen molar-refractivity contribution in [3.63, 3.8) is 0 Å². The van der Waals surface area contributed by atoms with Crippen LogP contribution in [0.15, 0.2) is 35.5 Å². The van der Waals surface area contributed by atoms with E-state index in [1.54, 1.807) is 19.4 Å². The molecule has 6 heteroatoms. The van der Waals surface area contributed by atoms with Crippen molar-refractivity contribution in [3.05, 3.63) is 48.3 Å². The molecular formula is C13H16N4O2. The predicted molar refractivity (Wildman–Crippen MR) is 69.8 cm³/mol. The molecular weight excluding hydrogens is 244 g/mol. The van der Waals surface area contributed by atoms with Gasteiger partial charge in [0.1, 0.15) is 0 Å². The summed E-state index contributed by atoms with van der Waals surface area (Å²) >= 11 is 0. The fourth-order valence-corrected chi connectivity index (χ4v) is 1.53. The van der Waals surface area contributed by atoms with Gasteiger partial charge in [0.2, 0.25) is 11.8 Å². The standard InChI is InChI=1S/C13H16N4O2/c1-3-6-14-9-13-16-11(17-19-13)7-10-4-5-12(18-2)15-8-10/h3-5,8,14H,1,6-7,9H2,2H3. The molecule has 0 aliphatic rings. The lowest BCUT2D eigenvalue weighted by molar-refractivity contribution is 0.366. The average Bonchev–Trinajstić information content (AvgIpc) is 2.88. The predicted octanol–water partition coefficient (Wildman–Crippen LogP) is 1.34. The Morgan fingerprint density at radius 2 is 2.37 bits per heavy atom. The molecule has 0 radical (unpaired) electrons. The summed E-state index contributed by atoms with van der Waals surface area (Å²) in [6, 6.07) is 3.74. The molecule has 0 bridgehead atoms. The van der Waals surface area contributed by atoms with Gasteiger partial charge in [-0.05, 0) is 5.56 Å². The Labute approximate surface area is 111 Å². The number of pyridine rings is 1. The summed E-state index contributed by atoms with van der Waals surface area (Å²) in [5.74, 6) is 1.80. The second-order valence-electron chi connectivity index (χ2n) is 3.91. The zero-order chi connectivity index (χ0) is 13.5. The number of hydrogen-bond donors (Lipinski definition) is 1. The lowest BCUT2D eigenvalue weighted by Crippen LogP contribution is -2.12. The van der Waals surface area contributed by atoms with Crippen LogP contribution in [0.25, 0.3) is 0 Å². The Hall–Kier alpha value is -2.21. The number of nitrogens with one attached hydrogen (secondary N) is 1. The monoisotopic (exact) mass is 260 g/mol. The fraction of sp³-hybridized carbons (Fsp3) is 0.308. The highest BCUT2D eigenvalue weighted by Gasteiger charge is 2.07. The van der Waals surface area contributed by atoms with Crippen LogP contribution in [0.1, 0.15) is 17.3 Å². The molecule has 2 aromatic heterocycles. The first kappa shape index (κ1) is 13.2. The van der Waals surface area contributed by atoms with Crippen LogP contribution < -0.4 is 10.1 Å². The molecule has 100 valence electrons. The molecule has 0 spiro atoms. The molecule has 0 saturated heterocycles. The van der Waals surface area contributed by atoms with Gasteiger partial charge in [-0.15, -0.1) is 6.58 Å². The molecule has 0 atom stereocenters. The van der Waals surface area contributed by atoms with Gasteiger partial charge in [-0.25, -0.2) is 4.98 Å². The Balaban J connectivity index is 1.92. The third kappa shape index (κ3) is 3.89. The summed E-state index contributed by atoms with van der Waals surface area (Å²) in [6.07, 6.45) is 4.10. The van der Waals surface area contributed by atoms with E-state index in [9.17, 15) is 0 Å². The molecule has 0 aliphatic heterocycles. The van der Waals surface area contributed by atoms with Crippen molar-refractivity contribution in [2.45, 2.75) is 13.0 Å². The van der Waals surface area contributed by atoms with Gasteiger partial charge in [-0.3, -0.25) is 0 Å². The van der Waals surface area contributed by atoms with Crippen molar-refractivity contribution >= 4 is 0 Å². The number of aromatic nitrogens is 3. The van der Waals surface area contributed by atoms with Crippen LogP contribution in [0.5, 0.6) is 5.88 Å². The summed E-state index contributed by atoms with van der Waals surface area (Å²) in [7, 11) is 1.59. The van der Waals surface area contributed by atoms with Crippen LogP contribution in [0, 0.1) is 0 Å². The van der Waals surface area contributed by atoms with Crippen LogP contribution in [0.3, 0.4) is 0 Å². The van der Waals surface area contributed by atoms with Gasteiger partial charge >= 0.3 is 0 Å². The van der Waals surface area contributed by atoms with E-state index < -0.39 is 0 Å². The zero-order valence-corrected chi connectivity index (χ0v) is 10.8. The number of rotatable bonds is 7. The Kier molecular flexibility index (Phi) is 4.63. The summed E-state index contributed by atoms with van der Waals surface area (Å²) < 4.78 is 10.1. The maximum atomic E-state index is 5.13. The third-order valence-corrected chi connectivity index (χ3v) is 2.44. The number of methoxy groups -OCH3 is 1. The van der Waals surface area contributed by atoms with Crippen LogP contribution in [-0.4, -0.2) is 28.8 Å². The van der Waals surface area contributed by atoms with E-state index in [1.165, 1.54) is 0 Å². The van der Waals surface area contributed by atoms with E-state index in [0.29, 0.717) is 37.1 Å². The molecule has 2 aromatic rings. The van der Waals surface area contributed by atoms with Gasteiger partial charge in [-0.1, -0.05) is 17.3 Å². The van der Waals surface area contributed by atoms with Crippen LogP contribution >= 0.6 is 0 Å². The van der Waals surface area contributed by atoms with E-state index in [2.05, 4.69) is 27.0 Å². The number of hydrogen-bond acceptors (Lipinski definition) is 6. The molecule has 6 nitrogen and oxygen atoms in total. The van der Waals surface area contributed by atoms with Crippen LogP contribution in [-0.2, 0) is 13.0 Å². The first-order valence-corrected chi connectivity index (χ1v) is 5.94. The highest BCUT2D eigenvalue weighted by Crippen LogP contribution is 2.10. The number of ether oxygens (including phenoxy) is 1. The van der Waals surface area contributed by atoms with E-state index in [4.69, 9.17) is 9.26 Å². The topological polar surface area (TPSA) is 73.1 Å². The van der Waals surface area contributed by atoms with E-state index in [1.807, 2.05) is 12.1 Å². The molecule has 19 heavy (non-hydrogen) atoms. The second kappa shape index (κ2) is 6.65. The van der Waals surface area contributed by atoms with Crippen molar-refractivity contribution in [1.82, 2.24) is 20.4 Å². The molecule has 0 aliphatic carbocycles. The highest BCUT2D eigenvalue weighted by atomic mass is 16.5. The highest BCUT2D eigenvalue weighted by molar-refractivity contribution is 5.20. The molecule has 2 rings (SSSR count). The maximum Gasteiger partial charge on any atom is 0.240 e. The fourth-order valence-electron chi connectivity index (χ4n) is 1.53. The zero-order valence-electron chi connectivity index (χ0n) is 10.8. The van der Waals surface area contributed by atoms with Gasteiger partial charge in [0, 0.05) is 25.2 Å². The second-order valence-corrected chi connectivity index (χ2v) is 3.91. The summed E-state index contributed by atoms with van der Waals surface area (Å²) in [5, 5.41) is 7.02. The minimum Gasteiger partial charge on any atom is -0.481 e. The van der Waals surface area contributed by atoms with Gasteiger partial charge in [-0.2, -0.15) is 4.98 Å². The smallest absolute Gasteiger partial charge is 0.240 e. The summed E-state index contributed by atoms with van der Waals surface area (Å²) in [5.41, 5.74) is 1.01. The quantitative estimate of drug-likeness (QED) is 0.598. The van der Waals surface area contributed by atoms with Crippen molar-refractivity contribution in [1.29, 1.82) is 0 Å². The molecule has 1 N–H and O–H groups in total. The molecule has 2 heterocycles. The molecule has 0 amide bonds. The minimum atomic E-state index is 0.542. The van der Waals surface area contributed by atoms with E-state index >= 15 is 0 Å². The third-order valence-electron chi connectivity index (χ3n) is 2.44. The number of nitrogens with zero attached hydrogens (tertiary/aromatic N) is 3. The van der Waals surface area contributed by atoms with Crippen molar-refractivity contribution in [2.75, 3.05) is 13.7 Å². The molecule has 0 aromatic carbocycles. The first-order valence-electron chi connectivity index (χ1n) is 5.94. The lowest BCUT2D eigenvalue weighted by atomic mass is 10.2. The van der Waals surface area contributed by atoms with Crippen LogP contribution in [0.4, 0.5) is 0 Å². The summed E-state index contributed by atoms with van der Waals surface area (Å²) in [4.78, 5) is 8.42. The van der Waals surface area contributed by atoms with Crippen LogP contribution in [0.2, 0.25) is 0 Å². The van der Waals surface area contributed by atoms with Crippen molar-refractivity contribution in [3.8, 4) is 5.88 Å². The van der Waals surface area contributed by atoms with Crippen molar-refractivity contribution in [2.24, 2.45) is 0 Å². The Morgan fingerprint density at radius 1 is 1.47 bits per heavy atom. The molecule has 0 unspecified atom stereocenters. The Morgan fingerprint density at radius 3 is 3.05 bits per heavy atom. The normalized spacial score (nSPS) is 10.4. The van der Waals surface area contributed by atoms with Gasteiger partial charge < -0.3 is 14.6 Å². The summed E-state index contributed by atoms with van der Waals surface area (Å²) in [6.45, 7) is 4.87. The van der Waals surface area contributed by atoms with Gasteiger partial charge in [0.05, 0.1) is 13.7 Å². The lowest BCUT2D eigenvalue weighted by Gasteiger charge is -1.99. The average molecular weight is 260 g/mol. The largest absolute Gasteiger partial charge is 0.481 e. The minimum absolute atomic E-state index is 0.542. The Bertz CT molecular complexity index is 522. The van der Waals surface area contributed by atoms with E-state index in [-0.39, 0.29) is 0 Å². The van der Waals surface area contributed by atoms with Gasteiger partial charge in [0.25, 0.3) is 0 Å². The SMILES string of the molecule is C=CCNCc1nc(Cc2ccc(OC)nc2)no1. The first-order chi connectivity index (χ1) is 9.31. The van der Waals surface area contributed by atoms with Crippen molar-refractivity contribution < 1.29 is 9.26 Å². The maximum absolute atomic E-state index is 5.13.